The highest BCUT2D eigenvalue weighted by Gasteiger charge is 2.12. The largest absolute Gasteiger partial charge is 0.392 e. The summed E-state index contributed by atoms with van der Waals surface area (Å²) in [5, 5.41) is 9.16. The van der Waals surface area contributed by atoms with E-state index in [-0.39, 0.29) is 5.91 Å². The molecule has 3 nitrogen and oxygen atoms in total. The molecule has 1 rings (SSSR count). The summed E-state index contributed by atoms with van der Waals surface area (Å²) in [4.78, 5) is 13.3. The van der Waals surface area contributed by atoms with Gasteiger partial charge in [0, 0.05) is 23.6 Å². The van der Waals surface area contributed by atoms with Crippen LogP contribution < -0.4 is 0 Å². The Hall–Kier alpha value is -0.870. The first-order valence-corrected chi connectivity index (χ1v) is 5.49. The second kappa shape index (κ2) is 5.28. The zero-order chi connectivity index (χ0) is 11.4. The molecule has 0 fully saturated rings. The number of carbonyl (C=O) groups excluding carboxylic acids is 1. The maximum Gasteiger partial charge on any atom is 0.253 e. The Balaban J connectivity index is 2.72. The van der Waals surface area contributed by atoms with Crippen molar-refractivity contribution in [1.29, 1.82) is 0 Å². The Kier molecular flexibility index (Phi) is 4.29. The minimum Gasteiger partial charge on any atom is -0.392 e. The average molecular weight is 272 g/mol. The maximum absolute atomic E-state index is 11.8. The number of nitrogens with zero attached hydrogens (tertiary/aromatic N) is 1. The summed E-state index contributed by atoms with van der Waals surface area (Å²) >= 11 is 3.31. The van der Waals surface area contributed by atoms with E-state index in [0.717, 1.165) is 4.47 Å². The van der Waals surface area contributed by atoms with Gasteiger partial charge in [-0.15, -0.1) is 0 Å². The molecule has 82 valence electrons. The van der Waals surface area contributed by atoms with E-state index in [1.165, 1.54) is 4.90 Å². The lowest BCUT2D eigenvalue weighted by Crippen LogP contribution is -2.32. The fourth-order valence-electron chi connectivity index (χ4n) is 1.29. The lowest BCUT2D eigenvalue weighted by Gasteiger charge is -2.18. The van der Waals surface area contributed by atoms with Crippen molar-refractivity contribution in [2.24, 2.45) is 0 Å². The third-order valence-electron chi connectivity index (χ3n) is 1.98. The molecule has 0 saturated heterocycles. The van der Waals surface area contributed by atoms with E-state index in [4.69, 9.17) is 5.11 Å². The highest BCUT2D eigenvalue weighted by Crippen LogP contribution is 2.11. The molecule has 0 saturated carbocycles. The summed E-state index contributed by atoms with van der Waals surface area (Å²) in [6, 6.07) is 7.16. The normalized spacial score (nSPS) is 12.3. The molecule has 1 atom stereocenters. The monoisotopic (exact) mass is 271 g/mol. The van der Waals surface area contributed by atoms with Gasteiger partial charge in [0.15, 0.2) is 0 Å². The van der Waals surface area contributed by atoms with Crippen molar-refractivity contribution in [2.45, 2.75) is 13.0 Å². The first-order chi connectivity index (χ1) is 7.00. The van der Waals surface area contributed by atoms with Crippen LogP contribution in [0, 0.1) is 0 Å². The van der Waals surface area contributed by atoms with E-state index >= 15 is 0 Å². The second-order valence-electron chi connectivity index (χ2n) is 3.54. The zero-order valence-corrected chi connectivity index (χ0v) is 10.4. The molecule has 4 heteroatoms. The van der Waals surface area contributed by atoms with Crippen LogP contribution in [0.15, 0.2) is 28.7 Å². The van der Waals surface area contributed by atoms with Gasteiger partial charge in [-0.25, -0.2) is 0 Å². The van der Waals surface area contributed by atoms with Crippen LogP contribution in [0.4, 0.5) is 0 Å². The zero-order valence-electron chi connectivity index (χ0n) is 8.77. The van der Waals surface area contributed by atoms with Gasteiger partial charge >= 0.3 is 0 Å². The highest BCUT2D eigenvalue weighted by atomic mass is 79.9. The Morgan fingerprint density at radius 3 is 2.47 bits per heavy atom. The summed E-state index contributed by atoms with van der Waals surface area (Å²) in [6.45, 7) is 2.00. The summed E-state index contributed by atoms with van der Waals surface area (Å²) in [7, 11) is 1.68. The molecule has 0 bridgehead atoms. The molecule has 0 aliphatic heterocycles. The minimum atomic E-state index is -0.505. The summed E-state index contributed by atoms with van der Waals surface area (Å²) in [5.74, 6) is -0.0802. The lowest BCUT2D eigenvalue weighted by atomic mass is 10.2. The molecule has 1 amide bonds. The number of hydrogen-bond donors (Lipinski definition) is 1. The first-order valence-electron chi connectivity index (χ1n) is 4.70. The predicted octanol–water partition coefficient (Wildman–Crippen LogP) is 1.90. The van der Waals surface area contributed by atoms with Gasteiger partial charge in [0.05, 0.1) is 6.10 Å². The molecule has 0 aliphatic rings. The van der Waals surface area contributed by atoms with Crippen molar-refractivity contribution in [3.8, 4) is 0 Å². The van der Waals surface area contributed by atoms with Crippen molar-refractivity contribution in [3.63, 3.8) is 0 Å². The van der Waals surface area contributed by atoms with Gasteiger partial charge < -0.3 is 10.0 Å². The molecule has 0 aromatic heterocycles. The lowest BCUT2D eigenvalue weighted by molar-refractivity contribution is 0.0703. The molecule has 15 heavy (non-hydrogen) atoms. The van der Waals surface area contributed by atoms with Crippen molar-refractivity contribution in [3.05, 3.63) is 34.3 Å². The number of aliphatic hydroxyl groups excluding tert-OH is 1. The van der Waals surface area contributed by atoms with Crippen molar-refractivity contribution in [1.82, 2.24) is 4.90 Å². The molecular formula is C11H14BrNO2. The van der Waals surface area contributed by atoms with E-state index in [1.54, 1.807) is 26.1 Å². The van der Waals surface area contributed by atoms with Gasteiger partial charge in [-0.2, -0.15) is 0 Å². The number of hydrogen-bond acceptors (Lipinski definition) is 2. The Morgan fingerprint density at radius 1 is 1.47 bits per heavy atom. The predicted molar refractivity (Wildman–Crippen MR) is 62.8 cm³/mol. The number of carbonyl (C=O) groups is 1. The van der Waals surface area contributed by atoms with E-state index in [1.807, 2.05) is 12.1 Å². The molecule has 0 heterocycles. The van der Waals surface area contributed by atoms with Gasteiger partial charge in [0.2, 0.25) is 0 Å². The summed E-state index contributed by atoms with van der Waals surface area (Å²) in [6.07, 6.45) is -0.505. The molecule has 0 radical (unpaired) electrons. The topological polar surface area (TPSA) is 40.5 Å². The number of likely N-dealkylation sites (N-methyl/N-ethyl adjacent to an activating group) is 1. The van der Waals surface area contributed by atoms with Crippen LogP contribution in [0.5, 0.6) is 0 Å². The molecule has 1 aromatic rings. The van der Waals surface area contributed by atoms with Gasteiger partial charge in [-0.1, -0.05) is 15.9 Å². The third kappa shape index (κ3) is 3.64. The van der Waals surface area contributed by atoms with E-state index in [9.17, 15) is 4.79 Å². The number of halogens is 1. The number of amides is 1. The summed E-state index contributed by atoms with van der Waals surface area (Å²) < 4.78 is 0.942. The van der Waals surface area contributed by atoms with E-state index in [2.05, 4.69) is 15.9 Å². The fourth-order valence-corrected chi connectivity index (χ4v) is 1.56. The minimum absolute atomic E-state index is 0.0802. The number of rotatable bonds is 3. The Morgan fingerprint density at radius 2 is 2.00 bits per heavy atom. The Labute approximate surface area is 97.8 Å². The first kappa shape index (κ1) is 12.2. The van der Waals surface area contributed by atoms with Crippen LogP contribution in [-0.4, -0.2) is 35.6 Å². The van der Waals surface area contributed by atoms with Gasteiger partial charge in [0.25, 0.3) is 5.91 Å². The maximum atomic E-state index is 11.8. The number of benzene rings is 1. The van der Waals surface area contributed by atoms with Crippen molar-refractivity contribution in [2.75, 3.05) is 13.6 Å². The third-order valence-corrected chi connectivity index (χ3v) is 2.50. The summed E-state index contributed by atoms with van der Waals surface area (Å²) in [5.41, 5.74) is 0.626. The van der Waals surface area contributed by atoms with Crippen molar-refractivity contribution >= 4 is 21.8 Å². The van der Waals surface area contributed by atoms with Crippen LogP contribution in [0.3, 0.4) is 0 Å². The van der Waals surface area contributed by atoms with E-state index < -0.39 is 6.10 Å². The second-order valence-corrected chi connectivity index (χ2v) is 4.46. The van der Waals surface area contributed by atoms with Crippen LogP contribution in [0.1, 0.15) is 17.3 Å². The highest BCUT2D eigenvalue weighted by molar-refractivity contribution is 9.10. The standard InChI is InChI=1S/C11H14BrNO2/c1-8(14)7-13(2)11(15)9-3-5-10(12)6-4-9/h3-6,8,14H,7H2,1-2H3/t8-/m1/s1. The van der Waals surface area contributed by atoms with Crippen LogP contribution in [0.25, 0.3) is 0 Å². The van der Waals surface area contributed by atoms with Crippen LogP contribution in [0.2, 0.25) is 0 Å². The molecule has 0 aliphatic carbocycles. The Bertz CT molecular complexity index is 335. The van der Waals surface area contributed by atoms with Crippen LogP contribution in [-0.2, 0) is 0 Å². The smallest absolute Gasteiger partial charge is 0.253 e. The van der Waals surface area contributed by atoms with Gasteiger partial charge in [-0.05, 0) is 31.2 Å². The SMILES string of the molecule is C[C@@H](O)CN(C)C(=O)c1ccc(Br)cc1. The van der Waals surface area contributed by atoms with Gasteiger partial charge in [0.1, 0.15) is 0 Å². The molecule has 0 unspecified atom stereocenters. The number of aliphatic hydroxyl groups is 1. The average Bonchev–Trinajstić information content (AvgIpc) is 2.17. The van der Waals surface area contributed by atoms with E-state index in [0.29, 0.717) is 12.1 Å². The fraction of sp³-hybridized carbons (Fsp3) is 0.364. The van der Waals surface area contributed by atoms with Gasteiger partial charge in [-0.3, -0.25) is 4.79 Å². The molecular weight excluding hydrogens is 258 g/mol. The quantitative estimate of drug-likeness (QED) is 0.913. The molecule has 1 aromatic carbocycles. The molecule has 0 spiro atoms. The molecule has 1 N–H and O–H groups in total. The van der Waals surface area contributed by atoms with Crippen LogP contribution >= 0.6 is 15.9 Å². The van der Waals surface area contributed by atoms with Crippen molar-refractivity contribution < 1.29 is 9.90 Å².